The van der Waals surface area contributed by atoms with Gasteiger partial charge in [0.25, 0.3) is 0 Å². The number of hydrogen-bond donors (Lipinski definition) is 0. The number of hydrogen-bond acceptors (Lipinski definition) is 1. The molecule has 15 heavy (non-hydrogen) atoms. The van der Waals surface area contributed by atoms with Crippen molar-refractivity contribution in [3.05, 3.63) is 12.2 Å². The van der Waals surface area contributed by atoms with Crippen LogP contribution < -0.4 is 0 Å². The second kappa shape index (κ2) is 13.4. The Kier molecular flexibility index (Phi) is 12.9. The summed E-state index contributed by atoms with van der Waals surface area (Å²) in [5.74, 6) is 0. The number of carbonyl (C=O) groups is 1. The summed E-state index contributed by atoms with van der Waals surface area (Å²) < 4.78 is 0. The number of rotatable bonds is 11. The van der Waals surface area contributed by atoms with Crippen LogP contribution in [0.15, 0.2) is 12.2 Å². The first-order chi connectivity index (χ1) is 7.41. The maximum atomic E-state index is 10.0. The van der Waals surface area contributed by atoms with Crippen molar-refractivity contribution in [2.75, 3.05) is 0 Å². The van der Waals surface area contributed by atoms with Gasteiger partial charge in [-0.15, -0.1) is 0 Å². The molecule has 0 aromatic carbocycles. The van der Waals surface area contributed by atoms with Crippen LogP contribution in [0.1, 0.15) is 71.1 Å². The lowest BCUT2D eigenvalue weighted by Crippen LogP contribution is -1.77. The fourth-order valence-electron chi connectivity index (χ4n) is 1.59. The molecular weight excluding hydrogens is 184 g/mol. The molecular formula is C14H26O. The second-order valence-corrected chi connectivity index (χ2v) is 4.13. The molecule has 0 unspecified atom stereocenters. The average Bonchev–Trinajstić information content (AvgIpc) is 2.26. The monoisotopic (exact) mass is 210 g/mol. The van der Waals surface area contributed by atoms with Gasteiger partial charge in [0.15, 0.2) is 0 Å². The Morgan fingerprint density at radius 3 is 1.87 bits per heavy atom. The van der Waals surface area contributed by atoms with E-state index in [0.29, 0.717) is 0 Å². The Morgan fingerprint density at radius 1 is 0.733 bits per heavy atom. The molecule has 0 saturated carbocycles. The molecule has 0 spiro atoms. The molecule has 0 fully saturated rings. The first-order valence-electron chi connectivity index (χ1n) is 6.50. The van der Waals surface area contributed by atoms with Gasteiger partial charge in [0.05, 0.1) is 0 Å². The molecule has 0 aromatic rings. The topological polar surface area (TPSA) is 17.1 Å². The molecule has 0 aliphatic rings. The highest BCUT2D eigenvalue weighted by Crippen LogP contribution is 2.06. The standard InChI is InChI=1S/C14H26O/c1-2-3-4-5-6-7-8-9-10-11-12-13-14-15/h8-9,14H,2-7,10-13H2,1H3/b9-8+. The van der Waals surface area contributed by atoms with Gasteiger partial charge < -0.3 is 4.79 Å². The highest BCUT2D eigenvalue weighted by Gasteiger charge is 1.87. The summed E-state index contributed by atoms with van der Waals surface area (Å²) in [6, 6.07) is 0. The van der Waals surface area contributed by atoms with E-state index in [1.165, 1.54) is 38.5 Å². The van der Waals surface area contributed by atoms with Crippen molar-refractivity contribution >= 4 is 6.29 Å². The number of aldehydes is 1. The van der Waals surface area contributed by atoms with Gasteiger partial charge >= 0.3 is 0 Å². The third-order valence-electron chi connectivity index (χ3n) is 2.58. The molecule has 0 heterocycles. The van der Waals surface area contributed by atoms with E-state index in [2.05, 4.69) is 19.1 Å². The summed E-state index contributed by atoms with van der Waals surface area (Å²) >= 11 is 0. The summed E-state index contributed by atoms with van der Waals surface area (Å²) in [4.78, 5) is 10.0. The van der Waals surface area contributed by atoms with Gasteiger partial charge in [-0.3, -0.25) is 0 Å². The number of allylic oxidation sites excluding steroid dienone is 2. The third-order valence-corrected chi connectivity index (χ3v) is 2.58. The summed E-state index contributed by atoms with van der Waals surface area (Å²) in [6.07, 6.45) is 17.7. The lowest BCUT2D eigenvalue weighted by atomic mass is 10.1. The van der Waals surface area contributed by atoms with Gasteiger partial charge in [-0.1, -0.05) is 44.8 Å². The second-order valence-electron chi connectivity index (χ2n) is 4.13. The van der Waals surface area contributed by atoms with Crippen LogP contribution in [0.5, 0.6) is 0 Å². The van der Waals surface area contributed by atoms with E-state index in [-0.39, 0.29) is 0 Å². The van der Waals surface area contributed by atoms with Gasteiger partial charge in [-0.05, 0) is 32.1 Å². The zero-order chi connectivity index (χ0) is 11.2. The van der Waals surface area contributed by atoms with E-state index in [1.807, 2.05) is 0 Å². The molecule has 0 bridgehead atoms. The Bertz CT molecular complexity index is 149. The smallest absolute Gasteiger partial charge is 0.119 e. The number of carbonyl (C=O) groups excluding carboxylic acids is 1. The zero-order valence-electron chi connectivity index (χ0n) is 10.2. The molecule has 1 heteroatoms. The quantitative estimate of drug-likeness (QED) is 0.275. The maximum Gasteiger partial charge on any atom is 0.119 e. The summed E-state index contributed by atoms with van der Waals surface area (Å²) in [5.41, 5.74) is 0. The van der Waals surface area contributed by atoms with Crippen LogP contribution in [0.2, 0.25) is 0 Å². The van der Waals surface area contributed by atoms with Crippen LogP contribution in [0.25, 0.3) is 0 Å². The Hall–Kier alpha value is -0.590. The van der Waals surface area contributed by atoms with Crippen LogP contribution in [-0.4, -0.2) is 6.29 Å². The van der Waals surface area contributed by atoms with Crippen molar-refractivity contribution in [2.45, 2.75) is 71.1 Å². The Balaban J connectivity index is 3.00. The minimum absolute atomic E-state index is 0.727. The van der Waals surface area contributed by atoms with E-state index >= 15 is 0 Å². The van der Waals surface area contributed by atoms with Crippen LogP contribution >= 0.6 is 0 Å². The minimum atomic E-state index is 0.727. The Morgan fingerprint density at radius 2 is 1.27 bits per heavy atom. The molecule has 0 aliphatic carbocycles. The van der Waals surface area contributed by atoms with Crippen molar-refractivity contribution in [3.63, 3.8) is 0 Å². The van der Waals surface area contributed by atoms with Gasteiger partial charge in [0, 0.05) is 6.42 Å². The van der Waals surface area contributed by atoms with Crippen molar-refractivity contribution in [1.29, 1.82) is 0 Å². The largest absolute Gasteiger partial charge is 0.303 e. The van der Waals surface area contributed by atoms with Crippen LogP contribution in [0.4, 0.5) is 0 Å². The van der Waals surface area contributed by atoms with Gasteiger partial charge in [0.1, 0.15) is 6.29 Å². The lowest BCUT2D eigenvalue weighted by molar-refractivity contribution is -0.107. The van der Waals surface area contributed by atoms with Crippen LogP contribution in [-0.2, 0) is 4.79 Å². The molecule has 1 nitrogen and oxygen atoms in total. The SMILES string of the molecule is CCCCCCC/C=C/CCCCC=O. The van der Waals surface area contributed by atoms with Gasteiger partial charge in [-0.25, -0.2) is 0 Å². The average molecular weight is 210 g/mol. The van der Waals surface area contributed by atoms with Crippen molar-refractivity contribution < 1.29 is 4.79 Å². The third kappa shape index (κ3) is 13.4. The van der Waals surface area contributed by atoms with Crippen molar-refractivity contribution in [2.24, 2.45) is 0 Å². The Labute approximate surface area is 95.0 Å². The fraction of sp³-hybridized carbons (Fsp3) is 0.786. The van der Waals surface area contributed by atoms with Gasteiger partial charge in [0.2, 0.25) is 0 Å². The fourth-order valence-corrected chi connectivity index (χ4v) is 1.59. The summed E-state index contributed by atoms with van der Waals surface area (Å²) in [6.45, 7) is 2.25. The molecule has 0 atom stereocenters. The van der Waals surface area contributed by atoms with Crippen molar-refractivity contribution in [3.8, 4) is 0 Å². The molecule has 0 aromatic heterocycles. The van der Waals surface area contributed by atoms with E-state index < -0.39 is 0 Å². The van der Waals surface area contributed by atoms with Crippen LogP contribution in [0.3, 0.4) is 0 Å². The molecule has 0 rings (SSSR count). The molecule has 0 N–H and O–H groups in total. The predicted octanol–water partition coefficient (Wildman–Crippen LogP) is 4.66. The van der Waals surface area contributed by atoms with E-state index in [1.54, 1.807) is 0 Å². The molecule has 0 aliphatic heterocycles. The van der Waals surface area contributed by atoms with Gasteiger partial charge in [-0.2, -0.15) is 0 Å². The summed E-state index contributed by atoms with van der Waals surface area (Å²) in [7, 11) is 0. The molecule has 0 saturated heterocycles. The van der Waals surface area contributed by atoms with E-state index in [4.69, 9.17) is 0 Å². The van der Waals surface area contributed by atoms with E-state index in [9.17, 15) is 4.79 Å². The van der Waals surface area contributed by atoms with E-state index in [0.717, 1.165) is 32.0 Å². The first kappa shape index (κ1) is 14.4. The highest BCUT2D eigenvalue weighted by molar-refractivity contribution is 5.48. The molecule has 0 radical (unpaired) electrons. The normalized spacial score (nSPS) is 11.0. The lowest BCUT2D eigenvalue weighted by Gasteiger charge is -1.96. The van der Waals surface area contributed by atoms with Crippen molar-refractivity contribution in [1.82, 2.24) is 0 Å². The molecule has 88 valence electrons. The number of unbranched alkanes of at least 4 members (excludes halogenated alkanes) is 8. The zero-order valence-corrected chi connectivity index (χ0v) is 10.2. The molecule has 0 amide bonds. The summed E-state index contributed by atoms with van der Waals surface area (Å²) in [5, 5.41) is 0. The predicted molar refractivity (Wildman–Crippen MR) is 67.0 cm³/mol. The highest BCUT2D eigenvalue weighted by atomic mass is 16.1. The first-order valence-corrected chi connectivity index (χ1v) is 6.50. The minimum Gasteiger partial charge on any atom is -0.303 e. The maximum absolute atomic E-state index is 10.0. The van der Waals surface area contributed by atoms with Crippen LogP contribution in [0, 0.1) is 0 Å².